The van der Waals surface area contributed by atoms with Gasteiger partial charge in [0.05, 0.1) is 18.1 Å². The minimum absolute atomic E-state index is 0.115. The molecule has 1 saturated heterocycles. The van der Waals surface area contributed by atoms with Gasteiger partial charge >= 0.3 is 0 Å². The van der Waals surface area contributed by atoms with Crippen LogP contribution in [0.4, 0.5) is 5.69 Å². The second-order valence-corrected chi connectivity index (χ2v) is 8.73. The fourth-order valence-electron chi connectivity index (χ4n) is 3.15. The van der Waals surface area contributed by atoms with Gasteiger partial charge in [0.1, 0.15) is 0 Å². The molecule has 2 aromatic rings. The van der Waals surface area contributed by atoms with Crippen LogP contribution in [0.2, 0.25) is 0 Å². The maximum Gasteiger partial charge on any atom is 0.255 e. The molecule has 1 atom stereocenters. The molecule has 7 heteroatoms. The van der Waals surface area contributed by atoms with Crippen molar-refractivity contribution in [2.24, 2.45) is 0 Å². The van der Waals surface area contributed by atoms with E-state index in [1.54, 1.807) is 12.1 Å². The summed E-state index contributed by atoms with van der Waals surface area (Å²) in [6.45, 7) is 6.77. The van der Waals surface area contributed by atoms with E-state index in [1.807, 2.05) is 39.0 Å². The fraction of sp³-hybridized carbons (Fsp3) is 0.350. The lowest BCUT2D eigenvalue weighted by Crippen LogP contribution is -2.46. The Morgan fingerprint density at radius 1 is 1.19 bits per heavy atom. The number of nitrogens with zero attached hydrogens (tertiary/aromatic N) is 1. The number of amides is 1. The summed E-state index contributed by atoms with van der Waals surface area (Å²) in [4.78, 5) is 12.7. The summed E-state index contributed by atoms with van der Waals surface area (Å²) in [5.74, 6) is -0.339. The molecule has 1 heterocycles. The van der Waals surface area contributed by atoms with Gasteiger partial charge in [0, 0.05) is 23.8 Å². The largest absolute Gasteiger partial charge is 0.378 e. The summed E-state index contributed by atoms with van der Waals surface area (Å²) in [7, 11) is -3.68. The molecule has 2 aromatic carbocycles. The van der Waals surface area contributed by atoms with Crippen molar-refractivity contribution in [3.05, 3.63) is 59.2 Å². The van der Waals surface area contributed by atoms with Gasteiger partial charge in [0.2, 0.25) is 10.0 Å². The number of sulfonamides is 1. The third kappa shape index (κ3) is 4.21. The highest BCUT2D eigenvalue weighted by molar-refractivity contribution is 7.89. The Labute approximate surface area is 160 Å². The van der Waals surface area contributed by atoms with Gasteiger partial charge in [-0.3, -0.25) is 4.79 Å². The molecule has 1 aliphatic heterocycles. The Morgan fingerprint density at radius 3 is 2.67 bits per heavy atom. The minimum Gasteiger partial charge on any atom is -0.378 e. The van der Waals surface area contributed by atoms with E-state index in [-0.39, 0.29) is 16.8 Å². The van der Waals surface area contributed by atoms with Crippen LogP contribution in [0.15, 0.2) is 47.4 Å². The van der Waals surface area contributed by atoms with Crippen molar-refractivity contribution < 1.29 is 17.9 Å². The molecule has 0 aliphatic carbocycles. The maximum atomic E-state index is 13.0. The van der Waals surface area contributed by atoms with E-state index in [0.717, 1.165) is 11.1 Å². The van der Waals surface area contributed by atoms with E-state index in [1.165, 1.54) is 16.4 Å². The van der Waals surface area contributed by atoms with Gasteiger partial charge < -0.3 is 10.1 Å². The number of carbonyl (C=O) groups excluding carboxylic acids is 1. The summed E-state index contributed by atoms with van der Waals surface area (Å²) in [5, 5.41) is 2.85. The second kappa shape index (κ2) is 7.80. The van der Waals surface area contributed by atoms with Gasteiger partial charge in [-0.15, -0.1) is 0 Å². The Kier molecular flexibility index (Phi) is 5.64. The molecule has 6 nitrogen and oxygen atoms in total. The minimum atomic E-state index is -3.68. The highest BCUT2D eigenvalue weighted by Gasteiger charge is 2.31. The van der Waals surface area contributed by atoms with Gasteiger partial charge in [-0.2, -0.15) is 4.31 Å². The number of carbonyl (C=O) groups is 1. The first-order valence-corrected chi connectivity index (χ1v) is 10.3. The molecule has 1 N–H and O–H groups in total. The average molecular weight is 388 g/mol. The van der Waals surface area contributed by atoms with E-state index >= 15 is 0 Å². The van der Waals surface area contributed by atoms with Crippen molar-refractivity contribution in [1.29, 1.82) is 0 Å². The van der Waals surface area contributed by atoms with E-state index in [9.17, 15) is 13.2 Å². The number of benzene rings is 2. The van der Waals surface area contributed by atoms with Crippen LogP contribution in [0.3, 0.4) is 0 Å². The Bertz CT molecular complexity index is 956. The molecule has 1 unspecified atom stereocenters. The van der Waals surface area contributed by atoms with Crippen LogP contribution in [-0.4, -0.2) is 44.4 Å². The number of rotatable bonds is 4. The Hall–Kier alpha value is -2.22. The molecular weight excluding hydrogens is 364 g/mol. The number of nitrogens with one attached hydrogen (secondary N) is 1. The van der Waals surface area contributed by atoms with Crippen molar-refractivity contribution in [1.82, 2.24) is 4.31 Å². The summed E-state index contributed by atoms with van der Waals surface area (Å²) in [5.41, 5.74) is 3.07. The van der Waals surface area contributed by atoms with Crippen LogP contribution < -0.4 is 5.32 Å². The summed E-state index contributed by atoms with van der Waals surface area (Å²) >= 11 is 0. The molecular formula is C20H24N2O4S. The van der Waals surface area contributed by atoms with Crippen LogP contribution >= 0.6 is 0 Å². The quantitative estimate of drug-likeness (QED) is 0.874. The molecule has 0 aromatic heterocycles. The number of aryl methyl sites for hydroxylation is 2. The zero-order valence-electron chi connectivity index (χ0n) is 15.7. The van der Waals surface area contributed by atoms with E-state index in [4.69, 9.17) is 4.74 Å². The molecule has 144 valence electrons. The molecule has 1 fully saturated rings. The smallest absolute Gasteiger partial charge is 0.255 e. The van der Waals surface area contributed by atoms with Crippen LogP contribution in [0.1, 0.15) is 28.4 Å². The van der Waals surface area contributed by atoms with Crippen LogP contribution in [-0.2, 0) is 14.8 Å². The van der Waals surface area contributed by atoms with Crippen molar-refractivity contribution in [3.8, 4) is 0 Å². The number of ether oxygens (including phenoxy) is 1. The first-order chi connectivity index (χ1) is 12.8. The second-order valence-electron chi connectivity index (χ2n) is 6.84. The monoisotopic (exact) mass is 388 g/mol. The van der Waals surface area contributed by atoms with Crippen LogP contribution in [0.5, 0.6) is 0 Å². The van der Waals surface area contributed by atoms with Crippen molar-refractivity contribution in [3.63, 3.8) is 0 Å². The topological polar surface area (TPSA) is 75.7 Å². The van der Waals surface area contributed by atoms with Gasteiger partial charge in [-0.25, -0.2) is 8.42 Å². The highest BCUT2D eigenvalue weighted by Crippen LogP contribution is 2.22. The normalized spacial score (nSPS) is 18.3. The predicted molar refractivity (Wildman–Crippen MR) is 104 cm³/mol. The number of hydrogen-bond donors (Lipinski definition) is 1. The van der Waals surface area contributed by atoms with E-state index < -0.39 is 10.0 Å². The van der Waals surface area contributed by atoms with Crippen molar-refractivity contribution in [2.45, 2.75) is 31.7 Å². The molecule has 3 rings (SSSR count). The predicted octanol–water partition coefficient (Wildman–Crippen LogP) is 2.97. The third-order valence-electron chi connectivity index (χ3n) is 4.64. The fourth-order valence-corrected chi connectivity index (χ4v) is 4.80. The van der Waals surface area contributed by atoms with Crippen LogP contribution in [0, 0.1) is 13.8 Å². The average Bonchev–Trinajstić information content (AvgIpc) is 2.64. The van der Waals surface area contributed by atoms with Gasteiger partial charge in [-0.1, -0.05) is 23.8 Å². The van der Waals surface area contributed by atoms with Crippen molar-refractivity contribution >= 4 is 21.6 Å². The molecule has 1 aliphatic rings. The first kappa shape index (κ1) is 19.5. The lowest BCUT2D eigenvalue weighted by Gasteiger charge is -2.32. The molecule has 0 saturated carbocycles. The molecule has 0 bridgehead atoms. The Morgan fingerprint density at radius 2 is 1.96 bits per heavy atom. The third-order valence-corrected chi connectivity index (χ3v) is 6.65. The molecule has 0 radical (unpaired) electrons. The van der Waals surface area contributed by atoms with Gasteiger partial charge in [0.25, 0.3) is 5.91 Å². The lowest BCUT2D eigenvalue weighted by atomic mass is 10.1. The summed E-state index contributed by atoms with van der Waals surface area (Å²) < 4.78 is 32.7. The molecule has 1 amide bonds. The first-order valence-electron chi connectivity index (χ1n) is 8.87. The van der Waals surface area contributed by atoms with E-state index in [2.05, 4.69) is 5.32 Å². The standard InChI is InChI=1S/C20H24N2O4S/c1-14-7-8-19(15(2)11-14)21-20(23)17-5-4-6-18(12-17)27(24,25)22-9-10-26-13-16(22)3/h4-8,11-12,16H,9-10,13H2,1-3H3,(H,21,23). The molecule has 0 spiro atoms. The number of anilines is 1. The van der Waals surface area contributed by atoms with Crippen LogP contribution in [0.25, 0.3) is 0 Å². The summed E-state index contributed by atoms with van der Waals surface area (Å²) in [6.07, 6.45) is 0. The van der Waals surface area contributed by atoms with Crippen molar-refractivity contribution in [2.75, 3.05) is 25.1 Å². The van der Waals surface area contributed by atoms with Gasteiger partial charge in [-0.05, 0) is 50.6 Å². The van der Waals surface area contributed by atoms with Gasteiger partial charge in [0.15, 0.2) is 0 Å². The molecule has 27 heavy (non-hydrogen) atoms. The SMILES string of the molecule is Cc1ccc(NC(=O)c2cccc(S(=O)(=O)N3CCOCC3C)c2)c(C)c1. The summed E-state index contributed by atoms with van der Waals surface area (Å²) in [6, 6.07) is 11.7. The number of hydrogen-bond acceptors (Lipinski definition) is 4. The zero-order chi connectivity index (χ0) is 19.6. The maximum absolute atomic E-state index is 13.0. The lowest BCUT2D eigenvalue weighted by molar-refractivity contribution is 0.0393. The number of morpholine rings is 1. The van der Waals surface area contributed by atoms with E-state index in [0.29, 0.717) is 31.0 Å². The Balaban J connectivity index is 1.85. The zero-order valence-corrected chi connectivity index (χ0v) is 16.5. The highest BCUT2D eigenvalue weighted by atomic mass is 32.2.